The lowest BCUT2D eigenvalue weighted by Gasteiger charge is -2.21. The van der Waals surface area contributed by atoms with E-state index >= 15 is 0 Å². The van der Waals surface area contributed by atoms with Crippen LogP contribution in [-0.4, -0.2) is 31.7 Å². The Labute approximate surface area is 122 Å². The van der Waals surface area contributed by atoms with Gasteiger partial charge in [-0.05, 0) is 18.3 Å². The number of unbranched alkanes of at least 4 members (excludes halogenated alkanes) is 1. The van der Waals surface area contributed by atoms with Gasteiger partial charge in [0.25, 0.3) is 0 Å². The summed E-state index contributed by atoms with van der Waals surface area (Å²) in [6.07, 6.45) is 4.52. The number of nitrogens with one attached hydrogen (secondary N) is 2. The molecule has 0 saturated heterocycles. The number of methoxy groups -OCH3 is 1. The number of amides is 2. The second-order valence-electron chi connectivity index (χ2n) is 5.52. The summed E-state index contributed by atoms with van der Waals surface area (Å²) < 4.78 is 4.69. The van der Waals surface area contributed by atoms with Gasteiger partial charge in [0.2, 0.25) is 0 Å². The summed E-state index contributed by atoms with van der Waals surface area (Å²) in [4.78, 5) is 23.4. The van der Waals surface area contributed by atoms with Gasteiger partial charge >= 0.3 is 12.0 Å². The van der Waals surface area contributed by atoms with Crippen LogP contribution in [-0.2, 0) is 9.53 Å². The van der Waals surface area contributed by atoms with Gasteiger partial charge in [-0.2, -0.15) is 0 Å². The first-order valence-electron chi connectivity index (χ1n) is 7.58. The van der Waals surface area contributed by atoms with Crippen molar-refractivity contribution >= 4 is 12.0 Å². The van der Waals surface area contributed by atoms with Crippen LogP contribution in [0.2, 0.25) is 0 Å². The van der Waals surface area contributed by atoms with Crippen LogP contribution < -0.4 is 10.6 Å². The fourth-order valence-electron chi connectivity index (χ4n) is 2.00. The fourth-order valence-corrected chi connectivity index (χ4v) is 2.00. The average Bonchev–Trinajstić information content (AvgIpc) is 2.43. The zero-order valence-electron chi connectivity index (χ0n) is 13.5. The topological polar surface area (TPSA) is 67.4 Å². The summed E-state index contributed by atoms with van der Waals surface area (Å²) in [5.41, 5.74) is 0. The molecule has 118 valence electrons. The number of rotatable bonds is 9. The van der Waals surface area contributed by atoms with Crippen LogP contribution >= 0.6 is 0 Å². The van der Waals surface area contributed by atoms with Crippen molar-refractivity contribution in [2.75, 3.05) is 13.7 Å². The highest BCUT2D eigenvalue weighted by molar-refractivity contribution is 5.83. The van der Waals surface area contributed by atoms with E-state index in [2.05, 4.69) is 24.5 Å². The molecule has 2 amide bonds. The van der Waals surface area contributed by atoms with E-state index in [9.17, 15) is 9.59 Å². The van der Waals surface area contributed by atoms with E-state index in [-0.39, 0.29) is 11.9 Å². The van der Waals surface area contributed by atoms with Crippen LogP contribution in [0.15, 0.2) is 0 Å². The van der Waals surface area contributed by atoms with E-state index in [1.165, 1.54) is 20.0 Å². The number of hydrogen-bond acceptors (Lipinski definition) is 3. The third-order valence-electron chi connectivity index (χ3n) is 3.50. The van der Waals surface area contributed by atoms with Crippen molar-refractivity contribution in [3.63, 3.8) is 0 Å². The minimum Gasteiger partial charge on any atom is -0.467 e. The Balaban J connectivity index is 4.22. The Morgan fingerprint density at radius 1 is 1.20 bits per heavy atom. The molecule has 0 unspecified atom stereocenters. The molecule has 0 saturated carbocycles. The van der Waals surface area contributed by atoms with Gasteiger partial charge in [0.15, 0.2) is 0 Å². The predicted molar refractivity (Wildman–Crippen MR) is 80.5 cm³/mol. The van der Waals surface area contributed by atoms with E-state index in [1.54, 1.807) is 0 Å². The molecule has 0 aliphatic heterocycles. The molecule has 0 bridgehead atoms. The maximum Gasteiger partial charge on any atom is 0.328 e. The maximum atomic E-state index is 11.8. The Morgan fingerprint density at radius 3 is 2.30 bits per heavy atom. The molecule has 0 radical (unpaired) electrons. The van der Waals surface area contributed by atoms with E-state index in [1.807, 2.05) is 13.8 Å². The number of urea groups is 1. The fraction of sp³-hybridized carbons (Fsp3) is 0.867. The first-order valence-corrected chi connectivity index (χ1v) is 7.58. The molecule has 5 nitrogen and oxygen atoms in total. The van der Waals surface area contributed by atoms with Gasteiger partial charge in [0.1, 0.15) is 6.04 Å². The van der Waals surface area contributed by atoms with Crippen LogP contribution in [0.1, 0.15) is 53.4 Å². The van der Waals surface area contributed by atoms with Crippen molar-refractivity contribution in [2.24, 2.45) is 11.8 Å². The Hall–Kier alpha value is -1.26. The average molecular weight is 286 g/mol. The lowest BCUT2D eigenvalue weighted by atomic mass is 9.99. The van der Waals surface area contributed by atoms with Crippen LogP contribution in [0.3, 0.4) is 0 Å². The second kappa shape index (κ2) is 10.5. The predicted octanol–water partition coefficient (Wildman–Crippen LogP) is 2.70. The normalized spacial score (nSPS) is 13.7. The van der Waals surface area contributed by atoms with Crippen LogP contribution in [0.25, 0.3) is 0 Å². The highest BCUT2D eigenvalue weighted by atomic mass is 16.5. The van der Waals surface area contributed by atoms with Crippen molar-refractivity contribution in [1.82, 2.24) is 10.6 Å². The third kappa shape index (κ3) is 7.36. The molecule has 0 fully saturated rings. The van der Waals surface area contributed by atoms with Crippen LogP contribution in [0.4, 0.5) is 4.79 Å². The molecule has 0 spiro atoms. The largest absolute Gasteiger partial charge is 0.467 e. The van der Waals surface area contributed by atoms with Crippen molar-refractivity contribution in [1.29, 1.82) is 0 Å². The van der Waals surface area contributed by atoms with Crippen molar-refractivity contribution in [2.45, 2.75) is 59.4 Å². The molecule has 0 aromatic heterocycles. The quantitative estimate of drug-likeness (QED) is 0.640. The molecule has 0 heterocycles. The Kier molecular flexibility index (Phi) is 9.86. The second-order valence-corrected chi connectivity index (χ2v) is 5.52. The molecule has 0 aromatic carbocycles. The SMILES string of the molecule is CCCC[C@H](CC)CNC(=O)N[C@H](C(=O)OC)C(C)C. The lowest BCUT2D eigenvalue weighted by molar-refractivity contribution is -0.143. The summed E-state index contributed by atoms with van der Waals surface area (Å²) >= 11 is 0. The number of carbonyl (C=O) groups excluding carboxylic acids is 2. The number of esters is 1. The molecular weight excluding hydrogens is 256 g/mol. The Bertz CT molecular complexity index is 293. The molecule has 5 heteroatoms. The number of carbonyl (C=O) groups is 2. The molecular formula is C15H30N2O3. The zero-order chi connectivity index (χ0) is 15.5. The van der Waals surface area contributed by atoms with E-state index < -0.39 is 12.0 Å². The smallest absolute Gasteiger partial charge is 0.328 e. The lowest BCUT2D eigenvalue weighted by Crippen LogP contribution is -2.49. The van der Waals surface area contributed by atoms with Crippen molar-refractivity contribution < 1.29 is 14.3 Å². The van der Waals surface area contributed by atoms with Gasteiger partial charge < -0.3 is 15.4 Å². The molecule has 2 N–H and O–H groups in total. The van der Waals surface area contributed by atoms with Gasteiger partial charge in [0.05, 0.1) is 7.11 Å². The first-order chi connectivity index (χ1) is 9.46. The standard InChI is InChI=1S/C15H30N2O3/c1-6-8-9-12(7-2)10-16-15(19)17-13(11(3)4)14(18)20-5/h11-13H,6-10H2,1-5H3,(H2,16,17,19)/t12-,13-/m0/s1. The van der Waals surface area contributed by atoms with Gasteiger partial charge in [-0.1, -0.05) is 47.0 Å². The number of hydrogen-bond donors (Lipinski definition) is 2. The summed E-state index contributed by atoms with van der Waals surface area (Å²) in [6, 6.07) is -0.903. The molecule has 0 aromatic rings. The summed E-state index contributed by atoms with van der Waals surface area (Å²) in [5, 5.41) is 5.53. The van der Waals surface area contributed by atoms with Crippen LogP contribution in [0.5, 0.6) is 0 Å². The van der Waals surface area contributed by atoms with Gasteiger partial charge in [-0.25, -0.2) is 9.59 Å². The van der Waals surface area contributed by atoms with E-state index in [0.29, 0.717) is 12.5 Å². The monoisotopic (exact) mass is 286 g/mol. The van der Waals surface area contributed by atoms with E-state index in [0.717, 1.165) is 12.8 Å². The van der Waals surface area contributed by atoms with Gasteiger partial charge in [-0.3, -0.25) is 0 Å². The zero-order valence-corrected chi connectivity index (χ0v) is 13.5. The minimum absolute atomic E-state index is 0.00439. The highest BCUT2D eigenvalue weighted by Crippen LogP contribution is 2.11. The molecule has 0 aliphatic rings. The molecule has 0 aliphatic carbocycles. The molecule has 2 atom stereocenters. The summed E-state index contributed by atoms with van der Waals surface area (Å²) in [7, 11) is 1.33. The highest BCUT2D eigenvalue weighted by Gasteiger charge is 2.24. The van der Waals surface area contributed by atoms with E-state index in [4.69, 9.17) is 4.74 Å². The Morgan fingerprint density at radius 2 is 1.85 bits per heavy atom. The van der Waals surface area contributed by atoms with Crippen molar-refractivity contribution in [3.05, 3.63) is 0 Å². The summed E-state index contributed by atoms with van der Waals surface area (Å²) in [5.74, 6) is 0.0831. The van der Waals surface area contributed by atoms with Crippen molar-refractivity contribution in [3.8, 4) is 0 Å². The third-order valence-corrected chi connectivity index (χ3v) is 3.50. The summed E-state index contributed by atoms with van der Waals surface area (Å²) in [6.45, 7) is 8.69. The minimum atomic E-state index is -0.601. The number of ether oxygens (including phenoxy) is 1. The first kappa shape index (κ1) is 18.7. The van der Waals surface area contributed by atoms with Gasteiger partial charge in [-0.15, -0.1) is 0 Å². The van der Waals surface area contributed by atoms with Crippen LogP contribution in [0, 0.1) is 11.8 Å². The van der Waals surface area contributed by atoms with Gasteiger partial charge in [0, 0.05) is 6.54 Å². The maximum absolute atomic E-state index is 11.8. The molecule has 20 heavy (non-hydrogen) atoms. The molecule has 0 rings (SSSR count).